The van der Waals surface area contributed by atoms with Crippen molar-refractivity contribution in [2.45, 2.75) is 32.5 Å². The normalized spacial score (nSPS) is 15.6. The van der Waals surface area contributed by atoms with Crippen molar-refractivity contribution >= 4 is 11.0 Å². The van der Waals surface area contributed by atoms with Gasteiger partial charge in [0.15, 0.2) is 5.69 Å². The van der Waals surface area contributed by atoms with Crippen molar-refractivity contribution in [2.24, 2.45) is 7.05 Å². The third-order valence-corrected chi connectivity index (χ3v) is 6.41. The number of nitriles is 1. The summed E-state index contributed by atoms with van der Waals surface area (Å²) in [5, 5.41) is 9.43. The SMILES string of the molecule is CC(C)N1CCN(CCCOc2ccc(-c3cc4c(ncn4C)c(C#N)n3)cc2C(F)(F)F)CC1. The predicted molar refractivity (Wildman–Crippen MR) is 127 cm³/mol. The van der Waals surface area contributed by atoms with E-state index < -0.39 is 11.7 Å². The molecule has 1 aliphatic rings. The Labute approximate surface area is 202 Å². The number of halogens is 3. The van der Waals surface area contributed by atoms with Gasteiger partial charge in [0.05, 0.1) is 29.7 Å². The first kappa shape index (κ1) is 24.9. The minimum Gasteiger partial charge on any atom is -0.493 e. The fourth-order valence-corrected chi connectivity index (χ4v) is 4.36. The lowest BCUT2D eigenvalue weighted by atomic mass is 10.1. The number of imidazole rings is 1. The molecule has 0 bridgehead atoms. The van der Waals surface area contributed by atoms with Crippen molar-refractivity contribution in [2.75, 3.05) is 39.3 Å². The lowest BCUT2D eigenvalue weighted by Gasteiger charge is -2.36. The number of nitrogens with zero attached hydrogens (tertiary/aromatic N) is 6. The maximum absolute atomic E-state index is 13.9. The Morgan fingerprint density at radius 1 is 1.14 bits per heavy atom. The molecule has 3 aromatic rings. The molecule has 0 saturated carbocycles. The molecule has 1 aliphatic heterocycles. The monoisotopic (exact) mass is 486 g/mol. The summed E-state index contributed by atoms with van der Waals surface area (Å²) < 4.78 is 48.9. The van der Waals surface area contributed by atoms with E-state index in [2.05, 4.69) is 33.6 Å². The van der Waals surface area contributed by atoms with E-state index in [1.165, 1.54) is 6.07 Å². The Kier molecular flexibility index (Phi) is 7.28. The second-order valence-electron chi connectivity index (χ2n) is 9.07. The topological polar surface area (TPSA) is 70.2 Å². The number of pyridine rings is 1. The highest BCUT2D eigenvalue weighted by molar-refractivity contribution is 5.84. The van der Waals surface area contributed by atoms with Gasteiger partial charge in [-0.1, -0.05) is 0 Å². The Morgan fingerprint density at radius 3 is 2.54 bits per heavy atom. The van der Waals surface area contributed by atoms with Crippen LogP contribution in [0.5, 0.6) is 5.75 Å². The number of aromatic nitrogens is 3. The summed E-state index contributed by atoms with van der Waals surface area (Å²) in [6.45, 7) is 9.28. The van der Waals surface area contributed by atoms with Crippen molar-refractivity contribution in [3.63, 3.8) is 0 Å². The molecule has 0 spiro atoms. The van der Waals surface area contributed by atoms with Gasteiger partial charge >= 0.3 is 6.18 Å². The number of rotatable bonds is 7. The van der Waals surface area contributed by atoms with E-state index in [-0.39, 0.29) is 29.3 Å². The summed E-state index contributed by atoms with van der Waals surface area (Å²) in [6.07, 6.45) is -2.41. The van der Waals surface area contributed by atoms with E-state index in [0.29, 0.717) is 23.5 Å². The highest BCUT2D eigenvalue weighted by Crippen LogP contribution is 2.39. The molecule has 0 unspecified atom stereocenters. The van der Waals surface area contributed by atoms with Gasteiger partial charge in [0.2, 0.25) is 0 Å². The summed E-state index contributed by atoms with van der Waals surface area (Å²) in [7, 11) is 1.75. The lowest BCUT2D eigenvalue weighted by molar-refractivity contribution is -0.138. The molecule has 4 rings (SSSR count). The molecule has 1 fully saturated rings. The molecule has 3 heterocycles. The molecule has 186 valence electrons. The highest BCUT2D eigenvalue weighted by atomic mass is 19.4. The number of aryl methyl sites for hydroxylation is 1. The van der Waals surface area contributed by atoms with Crippen molar-refractivity contribution in [3.05, 3.63) is 41.9 Å². The van der Waals surface area contributed by atoms with Gasteiger partial charge in [-0.2, -0.15) is 18.4 Å². The van der Waals surface area contributed by atoms with Crippen LogP contribution in [-0.2, 0) is 13.2 Å². The minimum atomic E-state index is -4.59. The fourth-order valence-electron chi connectivity index (χ4n) is 4.36. The van der Waals surface area contributed by atoms with Crippen LogP contribution >= 0.6 is 0 Å². The Bertz CT molecular complexity index is 1220. The summed E-state index contributed by atoms with van der Waals surface area (Å²) in [5.41, 5.74) is 0.782. The number of alkyl halides is 3. The van der Waals surface area contributed by atoms with Crippen LogP contribution in [-0.4, -0.2) is 69.7 Å². The smallest absolute Gasteiger partial charge is 0.419 e. The van der Waals surface area contributed by atoms with E-state index >= 15 is 0 Å². The summed E-state index contributed by atoms with van der Waals surface area (Å²) in [6, 6.07) is 8.05. The second-order valence-corrected chi connectivity index (χ2v) is 9.07. The quantitative estimate of drug-likeness (QED) is 0.464. The summed E-state index contributed by atoms with van der Waals surface area (Å²) in [5.74, 6) is -0.201. The average Bonchev–Trinajstić information content (AvgIpc) is 3.21. The number of benzene rings is 1. The Balaban J connectivity index is 1.47. The number of fused-ring (bicyclic) bond motifs is 1. The van der Waals surface area contributed by atoms with Crippen LogP contribution in [0.4, 0.5) is 13.2 Å². The van der Waals surface area contributed by atoms with Crippen LogP contribution < -0.4 is 4.74 Å². The van der Waals surface area contributed by atoms with Gasteiger partial charge in [-0.05, 0) is 44.5 Å². The van der Waals surface area contributed by atoms with E-state index in [9.17, 15) is 18.4 Å². The van der Waals surface area contributed by atoms with Gasteiger partial charge in [0.25, 0.3) is 0 Å². The van der Waals surface area contributed by atoms with Crippen molar-refractivity contribution in [1.82, 2.24) is 24.3 Å². The lowest BCUT2D eigenvalue weighted by Crippen LogP contribution is -2.49. The van der Waals surface area contributed by atoms with Gasteiger partial charge in [0.1, 0.15) is 17.3 Å². The minimum absolute atomic E-state index is 0.0706. The predicted octanol–water partition coefficient (Wildman–Crippen LogP) is 4.32. The molecule has 1 saturated heterocycles. The maximum Gasteiger partial charge on any atom is 0.419 e. The number of hydrogen-bond acceptors (Lipinski definition) is 6. The molecule has 0 aliphatic carbocycles. The van der Waals surface area contributed by atoms with Crippen LogP contribution in [0.1, 0.15) is 31.5 Å². The number of piperazine rings is 1. The molecule has 35 heavy (non-hydrogen) atoms. The average molecular weight is 487 g/mol. The number of hydrogen-bond donors (Lipinski definition) is 0. The van der Waals surface area contributed by atoms with E-state index in [1.54, 1.807) is 30.1 Å². The first-order valence-corrected chi connectivity index (χ1v) is 11.7. The Hall–Kier alpha value is -3.16. The van der Waals surface area contributed by atoms with Crippen molar-refractivity contribution in [3.8, 4) is 23.1 Å². The number of ether oxygens (including phenoxy) is 1. The molecule has 0 amide bonds. The zero-order chi connectivity index (χ0) is 25.2. The van der Waals surface area contributed by atoms with Crippen LogP contribution in [0, 0.1) is 11.3 Å². The zero-order valence-corrected chi connectivity index (χ0v) is 20.1. The molecule has 10 heteroatoms. The van der Waals surface area contributed by atoms with E-state index in [1.807, 2.05) is 6.07 Å². The second kappa shape index (κ2) is 10.2. The van der Waals surface area contributed by atoms with Crippen LogP contribution in [0.15, 0.2) is 30.6 Å². The van der Waals surface area contributed by atoms with E-state index in [4.69, 9.17) is 4.74 Å². The highest BCUT2D eigenvalue weighted by Gasteiger charge is 2.35. The van der Waals surface area contributed by atoms with Crippen LogP contribution in [0.2, 0.25) is 0 Å². The molecule has 0 atom stereocenters. The van der Waals surface area contributed by atoms with E-state index in [0.717, 1.165) is 38.8 Å². The van der Waals surface area contributed by atoms with Crippen molar-refractivity contribution < 1.29 is 17.9 Å². The van der Waals surface area contributed by atoms with Gasteiger partial charge in [-0.3, -0.25) is 4.90 Å². The molecule has 1 aromatic carbocycles. The summed E-state index contributed by atoms with van der Waals surface area (Å²) in [4.78, 5) is 13.1. The standard InChI is InChI=1S/C25H29F3N6O/c1-17(2)34-10-8-33(9-11-34)7-4-12-35-23-6-5-18(13-19(23)25(26,27)28)20-14-22-24(21(15-29)31-20)30-16-32(22)3/h5-6,13-14,16-17H,4,7-12H2,1-3H3. The van der Waals surface area contributed by atoms with Crippen LogP contribution in [0.25, 0.3) is 22.3 Å². The zero-order valence-electron chi connectivity index (χ0n) is 20.1. The molecular formula is C25H29F3N6O. The first-order valence-electron chi connectivity index (χ1n) is 11.7. The molecule has 2 aromatic heterocycles. The fraction of sp³-hybridized carbons (Fsp3) is 0.480. The summed E-state index contributed by atoms with van der Waals surface area (Å²) >= 11 is 0. The first-order chi connectivity index (χ1) is 16.7. The molecule has 0 radical (unpaired) electrons. The van der Waals surface area contributed by atoms with Gasteiger partial charge in [-0.25, -0.2) is 9.97 Å². The molecule has 0 N–H and O–H groups in total. The van der Waals surface area contributed by atoms with Crippen molar-refractivity contribution in [1.29, 1.82) is 5.26 Å². The Morgan fingerprint density at radius 2 is 1.89 bits per heavy atom. The van der Waals surface area contributed by atoms with Gasteiger partial charge in [0, 0.05) is 51.4 Å². The molecular weight excluding hydrogens is 457 g/mol. The van der Waals surface area contributed by atoms with Gasteiger partial charge < -0.3 is 14.2 Å². The largest absolute Gasteiger partial charge is 0.493 e. The van der Waals surface area contributed by atoms with Crippen LogP contribution in [0.3, 0.4) is 0 Å². The third-order valence-electron chi connectivity index (χ3n) is 6.41. The molecule has 7 nitrogen and oxygen atoms in total. The maximum atomic E-state index is 13.9. The third kappa shape index (κ3) is 5.57. The van der Waals surface area contributed by atoms with Gasteiger partial charge in [-0.15, -0.1) is 0 Å².